The van der Waals surface area contributed by atoms with Crippen LogP contribution in [0, 0.1) is 11.8 Å². The number of aromatic nitrogens is 2. The van der Waals surface area contributed by atoms with Crippen LogP contribution in [0.15, 0.2) is 34.2 Å². The summed E-state index contributed by atoms with van der Waals surface area (Å²) in [4.78, 5) is 25.1. The highest BCUT2D eigenvalue weighted by molar-refractivity contribution is 6.05. The molecule has 1 saturated carbocycles. The minimum atomic E-state index is -0.379. The predicted molar refractivity (Wildman–Crippen MR) is 98.8 cm³/mol. The van der Waals surface area contributed by atoms with Gasteiger partial charge in [-0.05, 0) is 37.7 Å². The van der Waals surface area contributed by atoms with Crippen molar-refractivity contribution in [3.63, 3.8) is 0 Å². The Morgan fingerprint density at radius 1 is 1.24 bits per heavy atom. The SMILES string of the molecule is CCn1nc(C(=O)NN=C2[C@H](C)CCC[C@H]2C)c2ccccc2c1=O. The fourth-order valence-corrected chi connectivity index (χ4v) is 3.52. The van der Waals surface area contributed by atoms with Gasteiger partial charge in [-0.15, -0.1) is 0 Å². The molecule has 0 bridgehead atoms. The lowest BCUT2D eigenvalue weighted by Gasteiger charge is -2.26. The monoisotopic (exact) mass is 340 g/mol. The van der Waals surface area contributed by atoms with Crippen LogP contribution in [0.1, 0.15) is 50.5 Å². The number of hydrogen-bond donors (Lipinski definition) is 1. The van der Waals surface area contributed by atoms with Crippen LogP contribution in [0.2, 0.25) is 0 Å². The molecule has 132 valence electrons. The third-order valence-corrected chi connectivity index (χ3v) is 4.95. The molecule has 1 fully saturated rings. The first kappa shape index (κ1) is 17.3. The van der Waals surface area contributed by atoms with Crippen molar-refractivity contribution in [1.82, 2.24) is 15.2 Å². The van der Waals surface area contributed by atoms with Crippen molar-refractivity contribution in [3.8, 4) is 0 Å². The quantitative estimate of drug-likeness (QED) is 0.873. The highest BCUT2D eigenvalue weighted by Crippen LogP contribution is 2.25. The van der Waals surface area contributed by atoms with Gasteiger partial charge in [0.1, 0.15) is 0 Å². The molecular weight excluding hydrogens is 316 g/mol. The lowest BCUT2D eigenvalue weighted by atomic mass is 9.81. The predicted octanol–water partition coefficient (Wildman–Crippen LogP) is 2.96. The molecule has 0 aliphatic heterocycles. The van der Waals surface area contributed by atoms with E-state index in [1.807, 2.05) is 6.92 Å². The molecular formula is C19H24N4O2. The third kappa shape index (κ3) is 3.34. The molecule has 1 aromatic heterocycles. The zero-order valence-corrected chi connectivity index (χ0v) is 15.0. The molecule has 25 heavy (non-hydrogen) atoms. The molecule has 3 rings (SSSR count). The number of nitrogens with one attached hydrogen (secondary N) is 1. The summed E-state index contributed by atoms with van der Waals surface area (Å²) in [5.41, 5.74) is 3.75. The molecule has 1 N–H and O–H groups in total. The van der Waals surface area contributed by atoms with E-state index in [2.05, 4.69) is 29.5 Å². The molecule has 0 spiro atoms. The summed E-state index contributed by atoms with van der Waals surface area (Å²) in [6.45, 7) is 6.53. The summed E-state index contributed by atoms with van der Waals surface area (Å²) >= 11 is 0. The number of rotatable bonds is 3. The number of carbonyl (C=O) groups excluding carboxylic acids is 1. The third-order valence-electron chi connectivity index (χ3n) is 4.95. The highest BCUT2D eigenvalue weighted by atomic mass is 16.2. The van der Waals surface area contributed by atoms with E-state index in [9.17, 15) is 9.59 Å². The smallest absolute Gasteiger partial charge is 0.267 e. The van der Waals surface area contributed by atoms with Crippen LogP contribution in [0.25, 0.3) is 10.8 Å². The number of hydrazone groups is 1. The van der Waals surface area contributed by atoms with E-state index in [1.165, 1.54) is 11.1 Å². The molecule has 1 amide bonds. The molecule has 0 radical (unpaired) electrons. The summed E-state index contributed by atoms with van der Waals surface area (Å²) in [7, 11) is 0. The van der Waals surface area contributed by atoms with Crippen molar-refractivity contribution in [2.75, 3.05) is 0 Å². The molecule has 1 aromatic carbocycles. The topological polar surface area (TPSA) is 76.3 Å². The Hall–Kier alpha value is -2.50. The average Bonchev–Trinajstić information content (AvgIpc) is 2.61. The van der Waals surface area contributed by atoms with Gasteiger partial charge in [-0.2, -0.15) is 10.2 Å². The van der Waals surface area contributed by atoms with Crippen LogP contribution in [0.5, 0.6) is 0 Å². The Bertz CT molecular complexity index is 873. The fraction of sp³-hybridized carbons (Fsp3) is 0.474. The van der Waals surface area contributed by atoms with Crippen molar-refractivity contribution in [2.45, 2.75) is 46.6 Å². The number of nitrogens with zero attached hydrogens (tertiary/aromatic N) is 3. The largest absolute Gasteiger partial charge is 0.292 e. The maximum Gasteiger partial charge on any atom is 0.292 e. The highest BCUT2D eigenvalue weighted by Gasteiger charge is 2.23. The minimum absolute atomic E-state index is 0.185. The van der Waals surface area contributed by atoms with Crippen molar-refractivity contribution >= 4 is 22.4 Å². The van der Waals surface area contributed by atoms with Gasteiger partial charge < -0.3 is 0 Å². The van der Waals surface area contributed by atoms with Gasteiger partial charge in [0.15, 0.2) is 5.69 Å². The van der Waals surface area contributed by atoms with Crippen molar-refractivity contribution in [3.05, 3.63) is 40.3 Å². The van der Waals surface area contributed by atoms with Crippen molar-refractivity contribution < 1.29 is 4.79 Å². The van der Waals surface area contributed by atoms with Crippen LogP contribution in [-0.4, -0.2) is 21.4 Å². The fourth-order valence-electron chi connectivity index (χ4n) is 3.52. The average molecular weight is 340 g/mol. The second kappa shape index (κ2) is 7.17. The molecule has 6 nitrogen and oxygen atoms in total. The van der Waals surface area contributed by atoms with E-state index in [4.69, 9.17) is 0 Å². The van der Waals surface area contributed by atoms with E-state index < -0.39 is 0 Å². The summed E-state index contributed by atoms with van der Waals surface area (Å²) in [5.74, 6) is 0.368. The Morgan fingerprint density at radius 3 is 2.52 bits per heavy atom. The molecule has 1 aliphatic rings. The summed E-state index contributed by atoms with van der Waals surface area (Å²) in [5, 5.41) is 9.69. The van der Waals surface area contributed by atoms with E-state index >= 15 is 0 Å². The van der Waals surface area contributed by atoms with E-state index in [-0.39, 0.29) is 17.2 Å². The molecule has 0 saturated heterocycles. The lowest BCUT2D eigenvalue weighted by Crippen LogP contribution is -2.31. The first-order valence-electron chi connectivity index (χ1n) is 8.90. The van der Waals surface area contributed by atoms with Gasteiger partial charge >= 0.3 is 0 Å². The Morgan fingerprint density at radius 2 is 1.88 bits per heavy atom. The van der Waals surface area contributed by atoms with E-state index in [0.717, 1.165) is 18.6 Å². The van der Waals surface area contributed by atoms with Gasteiger partial charge in [-0.3, -0.25) is 9.59 Å². The first-order chi connectivity index (χ1) is 12.0. The van der Waals surface area contributed by atoms with Crippen LogP contribution in [-0.2, 0) is 6.54 Å². The van der Waals surface area contributed by atoms with Gasteiger partial charge in [0.2, 0.25) is 0 Å². The van der Waals surface area contributed by atoms with Crippen molar-refractivity contribution in [1.29, 1.82) is 0 Å². The van der Waals surface area contributed by atoms with Crippen LogP contribution in [0.4, 0.5) is 0 Å². The number of benzene rings is 1. The van der Waals surface area contributed by atoms with Gasteiger partial charge in [0, 0.05) is 17.6 Å². The summed E-state index contributed by atoms with van der Waals surface area (Å²) < 4.78 is 1.32. The Balaban J connectivity index is 1.97. The van der Waals surface area contributed by atoms with Crippen LogP contribution >= 0.6 is 0 Å². The van der Waals surface area contributed by atoms with Gasteiger partial charge in [-0.25, -0.2) is 10.1 Å². The lowest BCUT2D eigenvalue weighted by molar-refractivity contribution is 0.0948. The van der Waals surface area contributed by atoms with Gasteiger partial charge in [0.25, 0.3) is 11.5 Å². The molecule has 1 aliphatic carbocycles. The molecule has 2 atom stereocenters. The maximum absolute atomic E-state index is 12.7. The van der Waals surface area contributed by atoms with E-state index in [1.54, 1.807) is 24.3 Å². The van der Waals surface area contributed by atoms with Gasteiger partial charge in [0.05, 0.1) is 5.39 Å². The van der Waals surface area contributed by atoms with Gasteiger partial charge in [-0.1, -0.05) is 38.5 Å². The minimum Gasteiger partial charge on any atom is -0.267 e. The van der Waals surface area contributed by atoms with Crippen molar-refractivity contribution in [2.24, 2.45) is 16.9 Å². The van der Waals surface area contributed by atoms with E-state index in [0.29, 0.717) is 29.2 Å². The maximum atomic E-state index is 12.7. The normalized spacial score (nSPS) is 20.5. The number of carbonyl (C=O) groups is 1. The van der Waals surface area contributed by atoms with Crippen LogP contribution < -0.4 is 11.0 Å². The molecule has 6 heteroatoms. The number of amides is 1. The Labute approximate surface area is 146 Å². The standard InChI is InChI=1S/C19H24N4O2/c1-4-23-19(25)15-11-6-5-10-14(15)17(22-23)18(24)21-20-16-12(2)8-7-9-13(16)3/h5-6,10-13H,4,7-9H2,1-3H3,(H,21,24)/t12-,13-/m1/s1. The summed E-state index contributed by atoms with van der Waals surface area (Å²) in [6.07, 6.45) is 3.39. The zero-order valence-electron chi connectivity index (χ0n) is 15.0. The zero-order chi connectivity index (χ0) is 18.0. The number of aryl methyl sites for hydroxylation is 1. The summed E-state index contributed by atoms with van der Waals surface area (Å²) in [6, 6.07) is 7.06. The van der Waals surface area contributed by atoms with Crippen LogP contribution in [0.3, 0.4) is 0 Å². The number of fused-ring (bicyclic) bond motifs is 1. The first-order valence-corrected chi connectivity index (χ1v) is 8.90. The second-order valence-electron chi connectivity index (χ2n) is 6.73. The Kier molecular flexibility index (Phi) is 4.97. The molecule has 0 unspecified atom stereocenters. The molecule has 1 heterocycles. The second-order valence-corrected chi connectivity index (χ2v) is 6.73. The number of hydrogen-bond acceptors (Lipinski definition) is 4. The molecule has 2 aromatic rings.